The summed E-state index contributed by atoms with van der Waals surface area (Å²) >= 11 is 0. The lowest BCUT2D eigenvalue weighted by Crippen LogP contribution is -2.06. The highest BCUT2D eigenvalue weighted by molar-refractivity contribution is 5.84. The van der Waals surface area contributed by atoms with Crippen LogP contribution in [-0.4, -0.2) is 20.6 Å². The number of carbonyl (C=O) groups is 1. The summed E-state index contributed by atoms with van der Waals surface area (Å²) in [7, 11) is 0. The van der Waals surface area contributed by atoms with Crippen LogP contribution >= 0.6 is 0 Å². The molecule has 0 aliphatic carbocycles. The lowest BCUT2D eigenvalue weighted by Gasteiger charge is -2.14. The van der Waals surface area contributed by atoms with Crippen molar-refractivity contribution in [2.75, 3.05) is 0 Å². The number of hydrogen-bond donors (Lipinski definition) is 1. The maximum absolute atomic E-state index is 10.8. The van der Waals surface area contributed by atoms with Crippen molar-refractivity contribution in [2.45, 2.75) is 13.0 Å². The van der Waals surface area contributed by atoms with Crippen molar-refractivity contribution in [3.63, 3.8) is 0 Å². The largest absolute Gasteiger partial charge is 0.476 e. The fraction of sp³-hybridized carbons (Fsp3) is 0.154. The van der Waals surface area contributed by atoms with E-state index in [-0.39, 0.29) is 11.7 Å². The van der Waals surface area contributed by atoms with E-state index in [2.05, 4.69) is 11.1 Å². The molecule has 1 aromatic carbocycles. The third-order valence-corrected chi connectivity index (χ3v) is 2.80. The number of hydrogen-bond acceptors (Lipinski definition) is 3. The van der Waals surface area contributed by atoms with Crippen molar-refractivity contribution in [3.8, 4) is 6.07 Å². The molecule has 1 aromatic heterocycles. The Balaban J connectivity index is 2.38. The van der Waals surface area contributed by atoms with Gasteiger partial charge in [0.05, 0.1) is 24.0 Å². The van der Waals surface area contributed by atoms with E-state index in [1.165, 1.54) is 12.5 Å². The van der Waals surface area contributed by atoms with E-state index in [1.807, 2.05) is 19.1 Å². The average Bonchev–Trinajstić information content (AvgIpc) is 2.87. The van der Waals surface area contributed by atoms with Crippen molar-refractivity contribution in [2.24, 2.45) is 0 Å². The van der Waals surface area contributed by atoms with Crippen LogP contribution < -0.4 is 0 Å². The van der Waals surface area contributed by atoms with Gasteiger partial charge >= 0.3 is 5.97 Å². The molecule has 0 amide bonds. The molecular formula is C13H11N3O2. The SMILES string of the molecule is CC(c1ccccc1C#N)n1cnc(C(=O)O)c1. The van der Waals surface area contributed by atoms with Gasteiger partial charge in [-0.3, -0.25) is 0 Å². The van der Waals surface area contributed by atoms with E-state index in [0.29, 0.717) is 5.56 Å². The normalized spacial score (nSPS) is 11.8. The fourth-order valence-corrected chi connectivity index (χ4v) is 1.78. The Morgan fingerprint density at radius 3 is 2.83 bits per heavy atom. The predicted molar refractivity (Wildman–Crippen MR) is 64.2 cm³/mol. The van der Waals surface area contributed by atoms with Gasteiger partial charge in [0.1, 0.15) is 0 Å². The third kappa shape index (κ3) is 2.09. The van der Waals surface area contributed by atoms with Gasteiger partial charge in [-0.2, -0.15) is 5.26 Å². The minimum absolute atomic E-state index is 0.00344. The molecule has 90 valence electrons. The number of rotatable bonds is 3. The monoisotopic (exact) mass is 241 g/mol. The second kappa shape index (κ2) is 4.72. The van der Waals surface area contributed by atoms with E-state index >= 15 is 0 Å². The van der Waals surface area contributed by atoms with E-state index < -0.39 is 5.97 Å². The summed E-state index contributed by atoms with van der Waals surface area (Å²) in [5.74, 6) is -1.06. The molecule has 0 radical (unpaired) electrons. The van der Waals surface area contributed by atoms with Gasteiger partial charge in [0, 0.05) is 6.20 Å². The van der Waals surface area contributed by atoms with Gasteiger partial charge in [0.25, 0.3) is 0 Å². The van der Waals surface area contributed by atoms with Crippen LogP contribution in [0.4, 0.5) is 0 Å². The molecule has 1 heterocycles. The Labute approximate surface area is 104 Å². The zero-order valence-corrected chi connectivity index (χ0v) is 9.74. The Hall–Kier alpha value is -2.61. The number of benzene rings is 1. The summed E-state index contributed by atoms with van der Waals surface area (Å²) in [6.45, 7) is 1.89. The van der Waals surface area contributed by atoms with Crippen molar-refractivity contribution < 1.29 is 9.90 Å². The summed E-state index contributed by atoms with van der Waals surface area (Å²) in [6, 6.07) is 9.22. The molecule has 0 aliphatic rings. The number of carboxylic acid groups (broad SMARTS) is 1. The smallest absolute Gasteiger partial charge is 0.356 e. The zero-order chi connectivity index (χ0) is 13.1. The van der Waals surface area contributed by atoms with E-state index in [4.69, 9.17) is 10.4 Å². The first-order chi connectivity index (χ1) is 8.63. The molecule has 0 bridgehead atoms. The maximum atomic E-state index is 10.8. The zero-order valence-electron chi connectivity index (χ0n) is 9.74. The van der Waals surface area contributed by atoms with E-state index in [1.54, 1.807) is 16.7 Å². The molecule has 5 heteroatoms. The first-order valence-corrected chi connectivity index (χ1v) is 5.39. The standard InChI is InChI=1S/C13H11N3O2/c1-9(11-5-3-2-4-10(11)6-14)16-7-12(13(17)18)15-8-16/h2-5,7-9H,1H3,(H,17,18). The van der Waals surface area contributed by atoms with Crippen LogP contribution in [0.1, 0.15) is 34.6 Å². The molecular weight excluding hydrogens is 230 g/mol. The summed E-state index contributed by atoms with van der Waals surface area (Å²) in [6.07, 6.45) is 2.92. The molecule has 0 saturated carbocycles. The molecule has 1 N–H and O–H groups in total. The summed E-state index contributed by atoms with van der Waals surface area (Å²) in [5, 5.41) is 17.9. The predicted octanol–water partition coefficient (Wildman–Crippen LogP) is 2.06. The minimum Gasteiger partial charge on any atom is -0.476 e. The lowest BCUT2D eigenvalue weighted by atomic mass is 10.0. The molecule has 0 saturated heterocycles. The number of aromatic carboxylic acids is 1. The summed E-state index contributed by atoms with van der Waals surface area (Å²) in [5.41, 5.74) is 1.42. The Morgan fingerprint density at radius 1 is 1.50 bits per heavy atom. The molecule has 2 aromatic rings. The molecule has 0 aliphatic heterocycles. The van der Waals surface area contributed by atoms with Gasteiger partial charge in [-0.15, -0.1) is 0 Å². The molecule has 1 unspecified atom stereocenters. The maximum Gasteiger partial charge on any atom is 0.356 e. The van der Waals surface area contributed by atoms with Crippen molar-refractivity contribution in [1.82, 2.24) is 9.55 Å². The molecule has 0 fully saturated rings. The van der Waals surface area contributed by atoms with Crippen molar-refractivity contribution in [3.05, 3.63) is 53.6 Å². The molecule has 1 atom stereocenters. The van der Waals surface area contributed by atoms with Crippen molar-refractivity contribution in [1.29, 1.82) is 5.26 Å². The van der Waals surface area contributed by atoms with E-state index in [0.717, 1.165) is 5.56 Å². The Morgan fingerprint density at radius 2 is 2.22 bits per heavy atom. The quantitative estimate of drug-likeness (QED) is 0.892. The molecule has 5 nitrogen and oxygen atoms in total. The van der Waals surface area contributed by atoms with Gasteiger partial charge in [0.2, 0.25) is 0 Å². The van der Waals surface area contributed by atoms with Crippen LogP contribution in [0.2, 0.25) is 0 Å². The first kappa shape index (κ1) is 11.9. The fourth-order valence-electron chi connectivity index (χ4n) is 1.78. The van der Waals surface area contributed by atoms with Gasteiger partial charge in [-0.05, 0) is 18.6 Å². The minimum atomic E-state index is -1.06. The second-order valence-corrected chi connectivity index (χ2v) is 3.89. The van der Waals surface area contributed by atoms with Crippen LogP contribution in [0, 0.1) is 11.3 Å². The summed E-state index contributed by atoms with van der Waals surface area (Å²) < 4.78 is 1.68. The summed E-state index contributed by atoms with van der Waals surface area (Å²) in [4.78, 5) is 14.6. The number of nitrogens with zero attached hydrogens (tertiary/aromatic N) is 3. The molecule has 2 rings (SSSR count). The average molecular weight is 241 g/mol. The highest BCUT2D eigenvalue weighted by Crippen LogP contribution is 2.21. The second-order valence-electron chi connectivity index (χ2n) is 3.89. The number of aromatic nitrogens is 2. The van der Waals surface area contributed by atoms with Crippen LogP contribution in [-0.2, 0) is 0 Å². The molecule has 18 heavy (non-hydrogen) atoms. The lowest BCUT2D eigenvalue weighted by molar-refractivity contribution is 0.0691. The van der Waals surface area contributed by atoms with Gasteiger partial charge in [-0.25, -0.2) is 9.78 Å². The van der Waals surface area contributed by atoms with Gasteiger partial charge in [0.15, 0.2) is 5.69 Å². The molecule has 0 spiro atoms. The number of nitriles is 1. The van der Waals surface area contributed by atoms with Crippen molar-refractivity contribution >= 4 is 5.97 Å². The van der Waals surface area contributed by atoms with E-state index in [9.17, 15) is 4.79 Å². The number of carboxylic acids is 1. The third-order valence-electron chi connectivity index (χ3n) is 2.80. The highest BCUT2D eigenvalue weighted by Gasteiger charge is 2.14. The number of imidazole rings is 1. The van der Waals surface area contributed by atoms with Crippen LogP contribution in [0.3, 0.4) is 0 Å². The van der Waals surface area contributed by atoms with Crippen LogP contribution in [0.25, 0.3) is 0 Å². The van der Waals surface area contributed by atoms with Crippen LogP contribution in [0.5, 0.6) is 0 Å². The Kier molecular flexibility index (Phi) is 3.11. The topological polar surface area (TPSA) is 78.9 Å². The van der Waals surface area contributed by atoms with Gasteiger partial charge in [-0.1, -0.05) is 18.2 Å². The highest BCUT2D eigenvalue weighted by atomic mass is 16.4. The van der Waals surface area contributed by atoms with Crippen LogP contribution in [0.15, 0.2) is 36.8 Å². The Bertz CT molecular complexity index is 625. The first-order valence-electron chi connectivity index (χ1n) is 5.39. The van der Waals surface area contributed by atoms with Gasteiger partial charge < -0.3 is 9.67 Å².